The van der Waals surface area contributed by atoms with Gasteiger partial charge in [0.15, 0.2) is 5.94 Å². The van der Waals surface area contributed by atoms with Crippen molar-refractivity contribution in [2.45, 2.75) is 53.1 Å². The van der Waals surface area contributed by atoms with Crippen LogP contribution in [0.5, 0.6) is 0 Å². The van der Waals surface area contributed by atoms with E-state index in [4.69, 9.17) is 9.05 Å². The topological polar surface area (TPSA) is 55.8 Å². The Balaban J connectivity index is 3.43. The Morgan fingerprint density at radius 3 is 2.04 bits per heavy atom. The fraction of sp³-hybridized carbons (Fsp3) is 0.556. The number of benzene rings is 1. The zero-order chi connectivity index (χ0) is 18.4. The molecule has 1 aromatic carbocycles. The molecule has 0 saturated carbocycles. The quantitative estimate of drug-likeness (QED) is 0.497. The summed E-state index contributed by atoms with van der Waals surface area (Å²) in [6.45, 7) is 11.6. The van der Waals surface area contributed by atoms with Crippen LogP contribution >= 0.6 is 7.60 Å². The molecule has 0 aliphatic rings. The Bertz CT molecular complexity index is 608. The highest BCUT2D eigenvalue weighted by Gasteiger charge is 2.42. The second-order valence-electron chi connectivity index (χ2n) is 6.39. The fourth-order valence-electron chi connectivity index (χ4n) is 2.70. The maximum atomic E-state index is 13.2. The first kappa shape index (κ1) is 20.7. The largest absolute Gasteiger partial charge is 0.388 e. The summed E-state index contributed by atoms with van der Waals surface area (Å²) in [6.07, 6.45) is 0. The summed E-state index contributed by atoms with van der Waals surface area (Å²) >= 11 is 0. The predicted octanol–water partition coefficient (Wildman–Crippen LogP) is 4.79. The minimum Gasteiger partial charge on any atom is -0.344 e. The molecule has 1 unspecified atom stereocenters. The Hall–Kier alpha value is -1.38. The Morgan fingerprint density at radius 2 is 1.67 bits per heavy atom. The van der Waals surface area contributed by atoms with E-state index < -0.39 is 13.1 Å². The summed E-state index contributed by atoms with van der Waals surface area (Å²) in [5, 5.41) is 0. The van der Waals surface area contributed by atoms with Crippen molar-refractivity contribution in [1.82, 2.24) is 4.90 Å². The van der Waals surface area contributed by atoms with Crippen LogP contribution in [0.4, 0.5) is 0 Å². The van der Waals surface area contributed by atoms with Crippen molar-refractivity contribution in [3.8, 4) is 0 Å². The highest BCUT2D eigenvalue weighted by atomic mass is 31.2. The Morgan fingerprint density at radius 1 is 1.17 bits per heavy atom. The molecule has 0 N–H and O–H groups in total. The number of hydrogen-bond donors (Lipinski definition) is 0. The van der Waals surface area contributed by atoms with E-state index in [0.29, 0.717) is 0 Å². The van der Waals surface area contributed by atoms with Gasteiger partial charge in [0.1, 0.15) is 0 Å². The van der Waals surface area contributed by atoms with Crippen molar-refractivity contribution in [3.05, 3.63) is 41.3 Å². The third-order valence-electron chi connectivity index (χ3n) is 3.57. The molecule has 1 atom stereocenters. The second-order valence-corrected chi connectivity index (χ2v) is 8.32. The van der Waals surface area contributed by atoms with Crippen molar-refractivity contribution in [3.63, 3.8) is 0 Å². The zero-order valence-corrected chi connectivity index (χ0v) is 16.3. The van der Waals surface area contributed by atoms with Crippen molar-refractivity contribution >= 4 is 13.5 Å². The third kappa shape index (κ3) is 4.81. The average Bonchev–Trinajstić information content (AvgIpc) is 2.51. The molecule has 0 heterocycles. The van der Waals surface area contributed by atoms with Gasteiger partial charge < -0.3 is 13.9 Å². The third-order valence-corrected chi connectivity index (χ3v) is 5.59. The van der Waals surface area contributed by atoms with Crippen LogP contribution in [0.2, 0.25) is 0 Å². The predicted molar refractivity (Wildman–Crippen MR) is 96.5 cm³/mol. The van der Waals surface area contributed by atoms with Gasteiger partial charge in [-0.25, -0.2) is 4.79 Å². The molecule has 0 fully saturated rings. The van der Waals surface area contributed by atoms with E-state index >= 15 is 0 Å². The van der Waals surface area contributed by atoms with Gasteiger partial charge in [0.05, 0.1) is 19.3 Å². The molecule has 0 amide bonds. The van der Waals surface area contributed by atoms with Crippen LogP contribution in [-0.2, 0) is 18.4 Å². The zero-order valence-electron chi connectivity index (χ0n) is 15.4. The van der Waals surface area contributed by atoms with Gasteiger partial charge in [0.2, 0.25) is 5.44 Å². The van der Waals surface area contributed by atoms with Gasteiger partial charge in [-0.15, -0.1) is 0 Å². The lowest BCUT2D eigenvalue weighted by Gasteiger charge is -2.43. The summed E-state index contributed by atoms with van der Waals surface area (Å²) in [6, 6.07) is 9.54. The van der Waals surface area contributed by atoms with Crippen LogP contribution in [0.15, 0.2) is 35.8 Å². The first-order valence-electron chi connectivity index (χ1n) is 8.20. The summed E-state index contributed by atoms with van der Waals surface area (Å²) in [5.41, 5.74) is 0.459. The molecule has 1 rings (SSSR count). The molecule has 0 aromatic heterocycles. The molecular formula is C18H28NO4P. The van der Waals surface area contributed by atoms with E-state index in [1.54, 1.807) is 18.7 Å². The van der Waals surface area contributed by atoms with E-state index in [2.05, 4.69) is 0 Å². The lowest BCUT2D eigenvalue weighted by atomic mass is 9.99. The summed E-state index contributed by atoms with van der Waals surface area (Å²) in [5.74, 6) is 1.85. The van der Waals surface area contributed by atoms with Gasteiger partial charge in [0, 0.05) is 5.54 Å². The van der Waals surface area contributed by atoms with Crippen LogP contribution in [0.25, 0.3) is 0 Å². The van der Waals surface area contributed by atoms with Crippen molar-refractivity contribution in [2.24, 2.45) is 0 Å². The molecule has 0 saturated heterocycles. The minimum atomic E-state index is -3.74. The van der Waals surface area contributed by atoms with Crippen molar-refractivity contribution < 1.29 is 18.4 Å². The number of hydrogen-bond acceptors (Lipinski definition) is 5. The van der Waals surface area contributed by atoms with Crippen molar-refractivity contribution in [2.75, 3.05) is 13.2 Å². The standard InChI is InChI=1S/C18H28NO4P/c1-7-22-24(21,23-8-2)17(14-20)19(18(4,5)6)15(3)16-12-10-9-11-13-16/h9-13,15H,7-8H2,1-6H3. The molecule has 0 aliphatic carbocycles. The van der Waals surface area contributed by atoms with Crippen LogP contribution < -0.4 is 0 Å². The maximum Gasteiger partial charge on any atom is 0.388 e. The number of carbonyl (C=O) groups excluding carboxylic acids is 1. The van der Waals surface area contributed by atoms with Gasteiger partial charge >= 0.3 is 7.60 Å². The highest BCUT2D eigenvalue weighted by molar-refractivity contribution is 7.58. The van der Waals surface area contributed by atoms with E-state index in [-0.39, 0.29) is 24.7 Å². The van der Waals surface area contributed by atoms with E-state index in [0.717, 1.165) is 5.56 Å². The molecule has 0 radical (unpaired) electrons. The second kappa shape index (κ2) is 8.64. The SMILES string of the molecule is CCOP(=O)(OCC)C(=C=O)N(C(C)c1ccccc1)C(C)(C)C. The fourth-order valence-corrected chi connectivity index (χ4v) is 4.55. The molecule has 24 heavy (non-hydrogen) atoms. The molecule has 0 bridgehead atoms. The van der Waals surface area contributed by atoms with E-state index in [9.17, 15) is 9.36 Å². The van der Waals surface area contributed by atoms with Crippen molar-refractivity contribution in [1.29, 1.82) is 0 Å². The van der Waals surface area contributed by atoms with Crippen LogP contribution in [-0.4, -0.2) is 29.6 Å². The molecule has 0 aliphatic heterocycles. The monoisotopic (exact) mass is 353 g/mol. The number of nitrogens with zero attached hydrogens (tertiary/aromatic N) is 1. The summed E-state index contributed by atoms with van der Waals surface area (Å²) < 4.78 is 23.9. The molecule has 0 spiro atoms. The normalized spacial score (nSPS) is 13.2. The van der Waals surface area contributed by atoms with Gasteiger partial charge in [-0.2, -0.15) is 0 Å². The lowest BCUT2D eigenvalue weighted by Crippen LogP contribution is -2.42. The van der Waals surface area contributed by atoms with Crippen LogP contribution in [0, 0.1) is 0 Å². The van der Waals surface area contributed by atoms with Gasteiger partial charge in [0.25, 0.3) is 0 Å². The number of rotatable bonds is 8. The minimum absolute atomic E-state index is 0.0601. The van der Waals surface area contributed by atoms with Crippen LogP contribution in [0.1, 0.15) is 53.1 Å². The Kier molecular flexibility index (Phi) is 7.44. The van der Waals surface area contributed by atoms with Gasteiger partial charge in [-0.05, 0) is 47.1 Å². The summed E-state index contributed by atoms with van der Waals surface area (Å²) in [4.78, 5) is 13.6. The average molecular weight is 353 g/mol. The first-order chi connectivity index (χ1) is 11.2. The van der Waals surface area contributed by atoms with E-state index in [1.165, 1.54) is 0 Å². The maximum absolute atomic E-state index is 13.2. The molecule has 1 aromatic rings. The van der Waals surface area contributed by atoms with E-state index in [1.807, 2.05) is 64.0 Å². The molecule has 6 heteroatoms. The molecule has 134 valence electrons. The van der Waals surface area contributed by atoms with Gasteiger partial charge in [-0.1, -0.05) is 30.3 Å². The molecule has 5 nitrogen and oxygen atoms in total. The van der Waals surface area contributed by atoms with Gasteiger partial charge in [-0.3, -0.25) is 4.57 Å². The lowest BCUT2D eigenvalue weighted by molar-refractivity contribution is 0.132. The first-order valence-corrected chi connectivity index (χ1v) is 9.74. The van der Waals surface area contributed by atoms with Crippen LogP contribution in [0.3, 0.4) is 0 Å². The Labute approximate surface area is 145 Å². The molecular weight excluding hydrogens is 325 g/mol. The highest BCUT2D eigenvalue weighted by Crippen LogP contribution is 2.58. The smallest absolute Gasteiger partial charge is 0.344 e. The summed E-state index contributed by atoms with van der Waals surface area (Å²) in [7, 11) is -3.74.